The molecule has 0 unspecified atom stereocenters. The van der Waals surface area contributed by atoms with Crippen molar-refractivity contribution in [1.29, 1.82) is 0 Å². The van der Waals surface area contributed by atoms with Crippen molar-refractivity contribution in [2.24, 2.45) is 0 Å². The van der Waals surface area contributed by atoms with Crippen molar-refractivity contribution < 1.29 is 9.53 Å². The van der Waals surface area contributed by atoms with Crippen LogP contribution in [0, 0.1) is 6.92 Å². The van der Waals surface area contributed by atoms with Gasteiger partial charge in [0.1, 0.15) is 0 Å². The molecule has 0 spiro atoms. The Morgan fingerprint density at radius 1 is 1.40 bits per heavy atom. The fourth-order valence-corrected chi connectivity index (χ4v) is 2.78. The summed E-state index contributed by atoms with van der Waals surface area (Å²) in [5, 5.41) is 0.785. The molecule has 0 aliphatic rings. The highest BCUT2D eigenvalue weighted by Crippen LogP contribution is 2.22. The van der Waals surface area contributed by atoms with Crippen LogP contribution >= 0.6 is 46.9 Å². The van der Waals surface area contributed by atoms with E-state index in [1.807, 2.05) is 6.92 Å². The maximum atomic E-state index is 11.8. The zero-order valence-corrected chi connectivity index (χ0v) is 13.7. The largest absolute Gasteiger partial charge is 0.462 e. The van der Waals surface area contributed by atoms with E-state index in [0.29, 0.717) is 28.6 Å². The summed E-state index contributed by atoms with van der Waals surface area (Å²) in [7, 11) is 0. The van der Waals surface area contributed by atoms with Crippen LogP contribution in [0.3, 0.4) is 0 Å². The molecule has 0 saturated carbocycles. The molecule has 20 heavy (non-hydrogen) atoms. The molecule has 1 heterocycles. The van der Waals surface area contributed by atoms with E-state index in [9.17, 15) is 4.79 Å². The molecule has 3 nitrogen and oxygen atoms in total. The van der Waals surface area contributed by atoms with Gasteiger partial charge in [-0.15, -0.1) is 23.7 Å². The Bertz CT molecular complexity index is 601. The molecule has 1 aromatic carbocycles. The van der Waals surface area contributed by atoms with Crippen LogP contribution in [-0.2, 0) is 11.2 Å². The number of carbonyl (C=O) groups excluding carboxylic acids is 1. The number of thiazole rings is 1. The highest BCUT2D eigenvalue weighted by Gasteiger charge is 2.12. The summed E-state index contributed by atoms with van der Waals surface area (Å²) in [6.07, 6.45) is 0.660. The van der Waals surface area contributed by atoms with Gasteiger partial charge in [0.25, 0.3) is 0 Å². The molecule has 2 rings (SSSR count). The number of hydrogen-bond acceptors (Lipinski definition) is 4. The van der Waals surface area contributed by atoms with Gasteiger partial charge < -0.3 is 4.74 Å². The molecule has 0 aliphatic heterocycles. The molecule has 0 aliphatic carbocycles. The number of aryl methyl sites for hydroxylation is 1. The third-order valence-electron chi connectivity index (χ3n) is 2.56. The van der Waals surface area contributed by atoms with Crippen molar-refractivity contribution in [1.82, 2.24) is 4.98 Å². The SMILES string of the molecule is Cc1ncsc1CCOC(=O)c1ccc(Cl)cc1Cl.Cl. The lowest BCUT2D eigenvalue weighted by Crippen LogP contribution is -2.08. The Kier molecular flexibility index (Phi) is 6.76. The number of rotatable bonds is 4. The summed E-state index contributed by atoms with van der Waals surface area (Å²) in [6.45, 7) is 2.24. The first-order chi connectivity index (χ1) is 9.08. The number of halogens is 3. The molecule has 0 radical (unpaired) electrons. The first-order valence-corrected chi connectivity index (χ1v) is 7.22. The van der Waals surface area contributed by atoms with Gasteiger partial charge in [0.2, 0.25) is 0 Å². The molecule has 0 N–H and O–H groups in total. The first-order valence-electron chi connectivity index (χ1n) is 5.59. The van der Waals surface area contributed by atoms with Crippen molar-refractivity contribution in [3.05, 3.63) is 49.9 Å². The van der Waals surface area contributed by atoms with Crippen molar-refractivity contribution >= 4 is 52.9 Å². The molecule has 0 amide bonds. The van der Waals surface area contributed by atoms with Gasteiger partial charge in [-0.05, 0) is 25.1 Å². The van der Waals surface area contributed by atoms with E-state index in [2.05, 4.69) is 4.98 Å². The number of ether oxygens (including phenoxy) is 1. The van der Waals surface area contributed by atoms with Crippen LogP contribution in [0.1, 0.15) is 20.9 Å². The van der Waals surface area contributed by atoms with Crippen molar-refractivity contribution in [3.63, 3.8) is 0 Å². The monoisotopic (exact) mass is 351 g/mol. The standard InChI is InChI=1S/C13H11Cl2NO2S.ClH/c1-8-12(19-7-16-8)4-5-18-13(17)10-3-2-9(14)6-11(10)15;/h2-3,6-7H,4-5H2,1H3;1H. The Morgan fingerprint density at radius 3 is 2.75 bits per heavy atom. The topological polar surface area (TPSA) is 39.2 Å². The Labute approximate surface area is 137 Å². The minimum Gasteiger partial charge on any atom is -0.462 e. The predicted molar refractivity (Wildman–Crippen MR) is 84.5 cm³/mol. The molecule has 0 saturated heterocycles. The molecule has 0 fully saturated rings. The summed E-state index contributed by atoms with van der Waals surface area (Å²) in [4.78, 5) is 17.1. The molecular formula is C13H12Cl3NO2S. The lowest BCUT2D eigenvalue weighted by atomic mass is 10.2. The fourth-order valence-electron chi connectivity index (χ4n) is 1.54. The van der Waals surface area contributed by atoms with Crippen LogP contribution in [0.5, 0.6) is 0 Å². The van der Waals surface area contributed by atoms with Crippen molar-refractivity contribution in [3.8, 4) is 0 Å². The van der Waals surface area contributed by atoms with Crippen LogP contribution in [-0.4, -0.2) is 17.6 Å². The van der Waals surface area contributed by atoms with Crippen LogP contribution in [0.2, 0.25) is 10.0 Å². The highest BCUT2D eigenvalue weighted by atomic mass is 35.5. The van der Waals surface area contributed by atoms with Gasteiger partial charge in [-0.2, -0.15) is 0 Å². The second-order valence-electron chi connectivity index (χ2n) is 3.87. The third kappa shape index (κ3) is 4.35. The third-order valence-corrected chi connectivity index (χ3v) is 4.10. The zero-order valence-electron chi connectivity index (χ0n) is 10.6. The van der Waals surface area contributed by atoms with Gasteiger partial charge in [0, 0.05) is 16.3 Å². The smallest absolute Gasteiger partial charge is 0.339 e. The van der Waals surface area contributed by atoms with Crippen LogP contribution < -0.4 is 0 Å². The molecule has 0 bridgehead atoms. The van der Waals surface area contributed by atoms with Crippen LogP contribution in [0.15, 0.2) is 23.7 Å². The molecule has 108 valence electrons. The molecule has 2 aromatic rings. The first kappa shape index (κ1) is 17.2. The van der Waals surface area contributed by atoms with Crippen LogP contribution in [0.4, 0.5) is 0 Å². The van der Waals surface area contributed by atoms with E-state index in [-0.39, 0.29) is 12.4 Å². The van der Waals surface area contributed by atoms with E-state index in [1.54, 1.807) is 29.0 Å². The quantitative estimate of drug-likeness (QED) is 0.756. The van der Waals surface area contributed by atoms with Gasteiger partial charge >= 0.3 is 5.97 Å². The summed E-state index contributed by atoms with van der Waals surface area (Å²) in [5.74, 6) is -0.441. The Balaban J connectivity index is 0.00000200. The summed E-state index contributed by atoms with van der Waals surface area (Å²) >= 11 is 13.3. The van der Waals surface area contributed by atoms with Crippen molar-refractivity contribution in [2.45, 2.75) is 13.3 Å². The van der Waals surface area contributed by atoms with E-state index in [1.165, 1.54) is 6.07 Å². The second-order valence-corrected chi connectivity index (χ2v) is 5.65. The summed E-state index contributed by atoms with van der Waals surface area (Å²) < 4.78 is 5.19. The minimum atomic E-state index is -0.441. The molecule has 0 atom stereocenters. The van der Waals surface area contributed by atoms with Gasteiger partial charge in [0.05, 0.1) is 28.4 Å². The number of benzene rings is 1. The van der Waals surface area contributed by atoms with E-state index >= 15 is 0 Å². The van der Waals surface area contributed by atoms with E-state index in [4.69, 9.17) is 27.9 Å². The molecular weight excluding hydrogens is 341 g/mol. The maximum Gasteiger partial charge on any atom is 0.339 e. The highest BCUT2D eigenvalue weighted by molar-refractivity contribution is 7.09. The normalized spacial score (nSPS) is 9.95. The lowest BCUT2D eigenvalue weighted by Gasteiger charge is -2.06. The number of esters is 1. The Morgan fingerprint density at radius 2 is 2.15 bits per heavy atom. The average Bonchev–Trinajstić information content (AvgIpc) is 2.75. The fraction of sp³-hybridized carbons (Fsp3) is 0.231. The van der Waals surface area contributed by atoms with Gasteiger partial charge in [0.15, 0.2) is 0 Å². The van der Waals surface area contributed by atoms with E-state index < -0.39 is 5.97 Å². The average molecular weight is 353 g/mol. The van der Waals surface area contributed by atoms with Gasteiger partial charge in [-0.3, -0.25) is 0 Å². The van der Waals surface area contributed by atoms with E-state index in [0.717, 1.165) is 10.6 Å². The predicted octanol–water partition coefficient (Wildman–Crippen LogP) is 4.58. The zero-order chi connectivity index (χ0) is 13.8. The van der Waals surface area contributed by atoms with Gasteiger partial charge in [-0.25, -0.2) is 9.78 Å². The number of carbonyl (C=O) groups is 1. The van der Waals surface area contributed by atoms with Crippen LogP contribution in [0.25, 0.3) is 0 Å². The Hall–Kier alpha value is -0.810. The van der Waals surface area contributed by atoms with Gasteiger partial charge in [-0.1, -0.05) is 23.2 Å². The second kappa shape index (κ2) is 7.84. The molecule has 7 heteroatoms. The van der Waals surface area contributed by atoms with Crippen molar-refractivity contribution in [2.75, 3.05) is 6.61 Å². The number of nitrogens with zero attached hydrogens (tertiary/aromatic N) is 1. The number of aromatic nitrogens is 1. The molecule has 1 aromatic heterocycles. The summed E-state index contributed by atoms with van der Waals surface area (Å²) in [6, 6.07) is 4.69. The maximum absolute atomic E-state index is 11.8. The summed E-state index contributed by atoms with van der Waals surface area (Å²) in [5.41, 5.74) is 3.08. The number of hydrogen-bond donors (Lipinski definition) is 0. The lowest BCUT2D eigenvalue weighted by molar-refractivity contribution is 0.0510. The minimum absolute atomic E-state index is 0.